The van der Waals surface area contributed by atoms with Crippen LogP contribution < -0.4 is 5.32 Å². The second kappa shape index (κ2) is 5.95. The van der Waals surface area contributed by atoms with Gasteiger partial charge >= 0.3 is 0 Å². The van der Waals surface area contributed by atoms with Crippen LogP contribution in [0.3, 0.4) is 0 Å². The molecule has 0 fully saturated rings. The van der Waals surface area contributed by atoms with Crippen LogP contribution in [0.25, 0.3) is 0 Å². The summed E-state index contributed by atoms with van der Waals surface area (Å²) >= 11 is 1.72. The summed E-state index contributed by atoms with van der Waals surface area (Å²) in [5, 5.41) is 16.2. The first-order valence-corrected chi connectivity index (χ1v) is 6.99. The summed E-state index contributed by atoms with van der Waals surface area (Å²) < 4.78 is 0. The Balaban J connectivity index is 2.03. The Hall–Kier alpha value is -1.72. The molecule has 2 aromatic rings. The van der Waals surface area contributed by atoms with E-state index in [4.69, 9.17) is 0 Å². The SMILES string of the molecule is CC(N[C@H](C)c1cccs1)c1ccc([N+](=O)[O-])cc1. The van der Waals surface area contributed by atoms with E-state index < -0.39 is 0 Å². The molecule has 0 aliphatic carbocycles. The molecular weight excluding hydrogens is 260 g/mol. The summed E-state index contributed by atoms with van der Waals surface area (Å²) in [4.78, 5) is 11.5. The number of rotatable bonds is 5. The van der Waals surface area contributed by atoms with E-state index in [0.717, 1.165) is 5.56 Å². The molecule has 19 heavy (non-hydrogen) atoms. The molecule has 0 saturated heterocycles. The molecule has 1 aromatic carbocycles. The molecule has 100 valence electrons. The van der Waals surface area contributed by atoms with Crippen molar-refractivity contribution in [2.45, 2.75) is 25.9 Å². The van der Waals surface area contributed by atoms with Gasteiger partial charge in [0.2, 0.25) is 0 Å². The maximum atomic E-state index is 10.6. The summed E-state index contributed by atoms with van der Waals surface area (Å²) in [6.07, 6.45) is 0. The average Bonchev–Trinajstić information content (AvgIpc) is 2.92. The van der Waals surface area contributed by atoms with Crippen molar-refractivity contribution >= 4 is 17.0 Å². The zero-order chi connectivity index (χ0) is 13.8. The van der Waals surface area contributed by atoms with Crippen molar-refractivity contribution in [3.8, 4) is 0 Å². The van der Waals surface area contributed by atoms with Crippen LogP contribution >= 0.6 is 11.3 Å². The van der Waals surface area contributed by atoms with E-state index in [9.17, 15) is 10.1 Å². The van der Waals surface area contributed by atoms with E-state index in [-0.39, 0.29) is 22.7 Å². The summed E-state index contributed by atoms with van der Waals surface area (Å²) in [6, 6.07) is 11.3. The number of nitro benzene ring substituents is 1. The predicted octanol–water partition coefficient (Wildman–Crippen LogP) is 4.07. The van der Waals surface area contributed by atoms with E-state index in [0.29, 0.717) is 0 Å². The van der Waals surface area contributed by atoms with Gasteiger partial charge in [-0.25, -0.2) is 0 Å². The Kier molecular flexibility index (Phi) is 4.29. The molecule has 0 radical (unpaired) electrons. The van der Waals surface area contributed by atoms with Gasteiger partial charge in [0, 0.05) is 29.1 Å². The molecule has 1 unspecified atom stereocenters. The zero-order valence-electron chi connectivity index (χ0n) is 10.9. The highest BCUT2D eigenvalue weighted by Gasteiger charge is 2.13. The number of nitrogens with one attached hydrogen (secondary N) is 1. The monoisotopic (exact) mass is 276 g/mol. The van der Waals surface area contributed by atoms with Crippen molar-refractivity contribution in [1.82, 2.24) is 5.32 Å². The third kappa shape index (κ3) is 3.39. The predicted molar refractivity (Wildman–Crippen MR) is 77.4 cm³/mol. The summed E-state index contributed by atoms with van der Waals surface area (Å²) in [5.74, 6) is 0. The van der Waals surface area contributed by atoms with Gasteiger partial charge in [-0.1, -0.05) is 18.2 Å². The zero-order valence-corrected chi connectivity index (χ0v) is 11.7. The number of thiophene rings is 1. The normalized spacial score (nSPS) is 14.0. The molecule has 0 spiro atoms. The number of hydrogen-bond donors (Lipinski definition) is 1. The van der Waals surface area contributed by atoms with Crippen molar-refractivity contribution < 1.29 is 4.92 Å². The number of hydrogen-bond acceptors (Lipinski definition) is 4. The molecule has 5 heteroatoms. The molecule has 4 nitrogen and oxygen atoms in total. The van der Waals surface area contributed by atoms with Crippen LogP contribution in [0.4, 0.5) is 5.69 Å². The molecule has 2 rings (SSSR count). The minimum absolute atomic E-state index is 0.127. The third-order valence-corrected chi connectivity index (χ3v) is 4.13. The van der Waals surface area contributed by atoms with Gasteiger partial charge in [0.05, 0.1) is 4.92 Å². The lowest BCUT2D eigenvalue weighted by atomic mass is 10.1. The van der Waals surface area contributed by atoms with Crippen molar-refractivity contribution in [3.63, 3.8) is 0 Å². The van der Waals surface area contributed by atoms with Gasteiger partial charge in [-0.15, -0.1) is 11.3 Å². The van der Waals surface area contributed by atoms with Crippen molar-refractivity contribution in [2.75, 3.05) is 0 Å². The maximum absolute atomic E-state index is 10.6. The van der Waals surface area contributed by atoms with Crippen LogP contribution in [0, 0.1) is 10.1 Å². The van der Waals surface area contributed by atoms with Crippen LogP contribution in [0.15, 0.2) is 41.8 Å². The van der Waals surface area contributed by atoms with E-state index in [1.54, 1.807) is 35.6 Å². The number of benzene rings is 1. The topological polar surface area (TPSA) is 55.2 Å². The second-order valence-electron chi connectivity index (χ2n) is 4.47. The van der Waals surface area contributed by atoms with Gasteiger partial charge in [-0.05, 0) is 30.9 Å². The molecule has 0 aliphatic heterocycles. The first-order valence-electron chi connectivity index (χ1n) is 6.11. The highest BCUT2D eigenvalue weighted by Crippen LogP contribution is 2.23. The lowest BCUT2D eigenvalue weighted by Gasteiger charge is -2.19. The van der Waals surface area contributed by atoms with Gasteiger partial charge < -0.3 is 5.32 Å². The Labute approximate surface area is 116 Å². The van der Waals surface area contributed by atoms with E-state index in [1.807, 2.05) is 6.07 Å². The molecule has 0 bridgehead atoms. The van der Waals surface area contributed by atoms with Gasteiger partial charge in [0.25, 0.3) is 5.69 Å². The maximum Gasteiger partial charge on any atom is 0.269 e. The van der Waals surface area contributed by atoms with Crippen molar-refractivity contribution in [1.29, 1.82) is 0 Å². The first-order chi connectivity index (χ1) is 9.08. The highest BCUT2D eigenvalue weighted by molar-refractivity contribution is 7.10. The minimum Gasteiger partial charge on any atom is -0.303 e. The van der Waals surface area contributed by atoms with Crippen LogP contribution in [-0.2, 0) is 0 Å². The van der Waals surface area contributed by atoms with E-state index in [2.05, 4.69) is 30.6 Å². The fourth-order valence-corrected chi connectivity index (χ4v) is 2.72. The molecule has 2 atom stereocenters. The smallest absolute Gasteiger partial charge is 0.269 e. The molecule has 1 heterocycles. The Morgan fingerprint density at radius 3 is 2.37 bits per heavy atom. The minimum atomic E-state index is -0.379. The molecule has 0 saturated carbocycles. The lowest BCUT2D eigenvalue weighted by molar-refractivity contribution is -0.384. The second-order valence-corrected chi connectivity index (χ2v) is 5.45. The number of non-ortho nitro benzene ring substituents is 1. The Morgan fingerprint density at radius 1 is 1.16 bits per heavy atom. The van der Waals surface area contributed by atoms with E-state index in [1.165, 1.54) is 4.88 Å². The summed E-state index contributed by atoms with van der Waals surface area (Å²) in [6.45, 7) is 4.18. The molecule has 1 N–H and O–H groups in total. The Morgan fingerprint density at radius 2 is 1.84 bits per heavy atom. The standard InChI is InChI=1S/C14H16N2O2S/c1-10(15-11(2)14-4-3-9-19-14)12-5-7-13(8-6-12)16(17)18/h3-11,15H,1-2H3/t10?,11-/m1/s1. The van der Waals surface area contributed by atoms with Crippen LogP contribution in [0.5, 0.6) is 0 Å². The largest absolute Gasteiger partial charge is 0.303 e. The fourth-order valence-electron chi connectivity index (χ4n) is 1.98. The van der Waals surface area contributed by atoms with Crippen LogP contribution in [0.1, 0.15) is 36.4 Å². The summed E-state index contributed by atoms with van der Waals surface area (Å²) in [7, 11) is 0. The highest BCUT2D eigenvalue weighted by atomic mass is 32.1. The lowest BCUT2D eigenvalue weighted by Crippen LogP contribution is -2.21. The molecular formula is C14H16N2O2S. The van der Waals surface area contributed by atoms with E-state index >= 15 is 0 Å². The molecule has 0 amide bonds. The van der Waals surface area contributed by atoms with Crippen LogP contribution in [-0.4, -0.2) is 4.92 Å². The van der Waals surface area contributed by atoms with Crippen LogP contribution in [0.2, 0.25) is 0 Å². The Bertz CT molecular complexity index is 537. The van der Waals surface area contributed by atoms with Crippen molar-refractivity contribution in [2.24, 2.45) is 0 Å². The molecule has 1 aromatic heterocycles. The van der Waals surface area contributed by atoms with Gasteiger partial charge in [-0.2, -0.15) is 0 Å². The van der Waals surface area contributed by atoms with Crippen molar-refractivity contribution in [3.05, 3.63) is 62.3 Å². The number of nitrogens with zero attached hydrogens (tertiary/aromatic N) is 1. The molecule has 0 aliphatic rings. The van der Waals surface area contributed by atoms with Gasteiger partial charge in [0.1, 0.15) is 0 Å². The average molecular weight is 276 g/mol. The van der Waals surface area contributed by atoms with Gasteiger partial charge in [-0.3, -0.25) is 10.1 Å². The quantitative estimate of drug-likeness (QED) is 0.661. The first kappa shape index (κ1) is 13.7. The fraction of sp³-hybridized carbons (Fsp3) is 0.286. The number of nitro groups is 1. The van der Waals surface area contributed by atoms with Gasteiger partial charge in [0.15, 0.2) is 0 Å². The summed E-state index contributed by atoms with van der Waals surface area (Å²) in [5.41, 5.74) is 1.18. The third-order valence-electron chi connectivity index (χ3n) is 3.07.